The third-order valence-electron chi connectivity index (χ3n) is 3.22. The first-order valence-corrected chi connectivity index (χ1v) is 8.80. The molecule has 0 aliphatic heterocycles. The number of rotatable bonds is 6. The Bertz CT molecular complexity index is 605. The van der Waals surface area contributed by atoms with Gasteiger partial charge in [0.25, 0.3) is 0 Å². The summed E-state index contributed by atoms with van der Waals surface area (Å²) in [6.45, 7) is 0.272. The Hall–Kier alpha value is -0.340. The Labute approximate surface area is 132 Å². The van der Waals surface area contributed by atoms with E-state index >= 15 is 0 Å². The first-order chi connectivity index (χ1) is 9.39. The lowest BCUT2D eigenvalue weighted by Gasteiger charge is -2.18. The van der Waals surface area contributed by atoms with Crippen molar-refractivity contribution in [3.8, 4) is 5.75 Å². The minimum absolute atomic E-state index is 0.0125. The van der Waals surface area contributed by atoms with Crippen LogP contribution in [0.2, 0.25) is 5.02 Å². The molecule has 0 aromatic heterocycles. The fourth-order valence-corrected chi connectivity index (χ4v) is 4.73. The van der Waals surface area contributed by atoms with E-state index in [0.717, 1.165) is 12.8 Å². The van der Waals surface area contributed by atoms with Gasteiger partial charge in [-0.25, -0.2) is 13.1 Å². The largest absolute Gasteiger partial charge is 0.494 e. The fraction of sp³-hybridized carbons (Fsp3) is 0.500. The molecule has 20 heavy (non-hydrogen) atoms. The molecule has 1 aromatic rings. The van der Waals surface area contributed by atoms with Gasteiger partial charge >= 0.3 is 0 Å². The number of methoxy groups -OCH3 is 1. The van der Waals surface area contributed by atoms with Crippen LogP contribution < -0.4 is 15.2 Å². The summed E-state index contributed by atoms with van der Waals surface area (Å²) in [6, 6.07) is 2.71. The number of nitrogens with two attached hydrogens (primary N) is 1. The van der Waals surface area contributed by atoms with Gasteiger partial charge in [0, 0.05) is 17.6 Å². The second-order valence-electron chi connectivity index (χ2n) is 4.72. The van der Waals surface area contributed by atoms with Gasteiger partial charge < -0.3 is 10.5 Å². The van der Waals surface area contributed by atoms with Crippen LogP contribution in [-0.4, -0.2) is 28.1 Å². The lowest BCUT2D eigenvalue weighted by molar-refractivity contribution is 0.399. The Kier molecular flexibility index (Phi) is 4.96. The lowest BCUT2D eigenvalue weighted by Crippen LogP contribution is -2.41. The van der Waals surface area contributed by atoms with Gasteiger partial charge in [0.2, 0.25) is 10.0 Å². The molecule has 1 aliphatic carbocycles. The average Bonchev–Trinajstić information content (AvgIpc) is 3.19. The highest BCUT2D eigenvalue weighted by molar-refractivity contribution is 9.10. The van der Waals surface area contributed by atoms with E-state index < -0.39 is 10.0 Å². The summed E-state index contributed by atoms with van der Waals surface area (Å²) in [6.07, 6.45) is 2.00. The number of hydrogen-bond donors (Lipinski definition) is 2. The average molecular weight is 384 g/mol. The molecule has 1 aromatic carbocycles. The molecule has 1 unspecified atom stereocenters. The second-order valence-corrected chi connectivity index (χ2v) is 7.69. The molecular formula is C12H16BrClN2O3S. The van der Waals surface area contributed by atoms with E-state index in [1.54, 1.807) is 6.07 Å². The van der Waals surface area contributed by atoms with Gasteiger partial charge in [-0.15, -0.1) is 0 Å². The van der Waals surface area contributed by atoms with Crippen molar-refractivity contribution < 1.29 is 13.2 Å². The molecule has 0 amide bonds. The van der Waals surface area contributed by atoms with Crippen molar-refractivity contribution in [2.45, 2.75) is 23.8 Å². The molecule has 5 nitrogen and oxygen atoms in total. The van der Waals surface area contributed by atoms with Gasteiger partial charge in [-0.2, -0.15) is 0 Å². The third kappa shape index (κ3) is 3.46. The highest BCUT2D eigenvalue weighted by Crippen LogP contribution is 2.37. The summed E-state index contributed by atoms with van der Waals surface area (Å²) < 4.78 is 33.3. The van der Waals surface area contributed by atoms with E-state index in [-0.39, 0.29) is 23.2 Å². The molecule has 8 heteroatoms. The topological polar surface area (TPSA) is 81.4 Å². The molecular weight excluding hydrogens is 368 g/mol. The molecule has 0 spiro atoms. The maximum atomic E-state index is 12.5. The van der Waals surface area contributed by atoms with Crippen LogP contribution in [0.4, 0.5) is 0 Å². The molecule has 1 fully saturated rings. The number of halogens is 2. The van der Waals surface area contributed by atoms with Gasteiger partial charge in [0.15, 0.2) is 5.75 Å². The number of hydrogen-bond acceptors (Lipinski definition) is 4. The van der Waals surface area contributed by atoms with Gasteiger partial charge in [-0.05, 0) is 46.8 Å². The Morgan fingerprint density at radius 2 is 2.20 bits per heavy atom. The van der Waals surface area contributed by atoms with Crippen LogP contribution in [0.25, 0.3) is 0 Å². The highest BCUT2D eigenvalue weighted by atomic mass is 79.9. The normalized spacial score (nSPS) is 17.0. The molecule has 0 bridgehead atoms. The number of nitrogens with one attached hydrogen (secondary N) is 1. The third-order valence-corrected chi connectivity index (χ3v) is 5.52. The summed E-state index contributed by atoms with van der Waals surface area (Å²) >= 11 is 9.18. The molecule has 1 atom stereocenters. The van der Waals surface area contributed by atoms with Crippen molar-refractivity contribution in [3.63, 3.8) is 0 Å². The molecule has 2 rings (SSSR count). The monoisotopic (exact) mass is 382 g/mol. The summed E-state index contributed by atoms with van der Waals surface area (Å²) in [5, 5.41) is 0.314. The van der Waals surface area contributed by atoms with Crippen molar-refractivity contribution in [3.05, 3.63) is 21.6 Å². The summed E-state index contributed by atoms with van der Waals surface area (Å²) in [5.74, 6) is 0.553. The van der Waals surface area contributed by atoms with Gasteiger partial charge in [-0.1, -0.05) is 11.6 Å². The summed E-state index contributed by atoms with van der Waals surface area (Å²) in [4.78, 5) is 0.0125. The zero-order valence-corrected chi connectivity index (χ0v) is 14.1. The molecule has 112 valence electrons. The second kappa shape index (κ2) is 6.19. The molecule has 1 saturated carbocycles. The van der Waals surface area contributed by atoms with Crippen molar-refractivity contribution >= 4 is 37.6 Å². The van der Waals surface area contributed by atoms with Crippen LogP contribution in [0.1, 0.15) is 12.8 Å². The first kappa shape index (κ1) is 16.0. The Morgan fingerprint density at radius 3 is 2.70 bits per heavy atom. The van der Waals surface area contributed by atoms with E-state index in [9.17, 15) is 8.42 Å². The number of sulfonamides is 1. The van der Waals surface area contributed by atoms with E-state index in [2.05, 4.69) is 20.7 Å². The fourth-order valence-electron chi connectivity index (χ4n) is 2.03. The van der Waals surface area contributed by atoms with Gasteiger partial charge in [-0.3, -0.25) is 0 Å². The van der Waals surface area contributed by atoms with Crippen molar-refractivity contribution in [2.75, 3.05) is 13.7 Å². The minimum atomic E-state index is -3.73. The van der Waals surface area contributed by atoms with E-state index in [0.29, 0.717) is 15.4 Å². The molecule has 3 N–H and O–H groups in total. The van der Waals surface area contributed by atoms with E-state index in [4.69, 9.17) is 22.1 Å². The number of benzene rings is 1. The summed E-state index contributed by atoms with van der Waals surface area (Å²) in [5.41, 5.74) is 5.64. The quantitative estimate of drug-likeness (QED) is 0.788. The Morgan fingerprint density at radius 1 is 1.55 bits per heavy atom. The van der Waals surface area contributed by atoms with Gasteiger partial charge in [0.05, 0.1) is 11.6 Å². The predicted octanol–water partition coefficient (Wildman–Crippen LogP) is 2.13. The van der Waals surface area contributed by atoms with E-state index in [1.807, 2.05) is 0 Å². The SMILES string of the molecule is COc1c(Br)cc(Cl)cc1S(=O)(=O)NC(CN)C1CC1. The maximum absolute atomic E-state index is 12.5. The zero-order chi connectivity index (χ0) is 14.9. The van der Waals surface area contributed by atoms with Gasteiger partial charge in [0.1, 0.15) is 4.90 Å². The first-order valence-electron chi connectivity index (χ1n) is 6.14. The van der Waals surface area contributed by atoms with E-state index in [1.165, 1.54) is 13.2 Å². The smallest absolute Gasteiger partial charge is 0.244 e. The Balaban J connectivity index is 2.37. The number of ether oxygens (including phenoxy) is 1. The highest BCUT2D eigenvalue weighted by Gasteiger charge is 2.34. The standard InChI is InChI=1S/C12H16BrClN2O3S/c1-19-12-9(13)4-8(14)5-11(12)20(17,18)16-10(6-15)7-2-3-7/h4-5,7,10,16H,2-3,6,15H2,1H3. The van der Waals surface area contributed by atoms with Crippen molar-refractivity contribution in [1.29, 1.82) is 0 Å². The summed E-state index contributed by atoms with van der Waals surface area (Å²) in [7, 11) is -2.32. The molecule has 0 heterocycles. The minimum Gasteiger partial charge on any atom is -0.494 e. The van der Waals surface area contributed by atoms with Crippen LogP contribution in [0.15, 0.2) is 21.5 Å². The van der Waals surface area contributed by atoms with Crippen LogP contribution in [0, 0.1) is 5.92 Å². The van der Waals surface area contributed by atoms with Crippen molar-refractivity contribution in [1.82, 2.24) is 4.72 Å². The molecule has 1 aliphatic rings. The predicted molar refractivity (Wildman–Crippen MR) is 81.6 cm³/mol. The maximum Gasteiger partial charge on any atom is 0.244 e. The van der Waals surface area contributed by atoms with Crippen molar-refractivity contribution in [2.24, 2.45) is 11.7 Å². The van der Waals surface area contributed by atoms with Crippen LogP contribution in [0.3, 0.4) is 0 Å². The van der Waals surface area contributed by atoms with Crippen LogP contribution in [0.5, 0.6) is 5.75 Å². The molecule has 0 radical (unpaired) electrons. The van der Waals surface area contributed by atoms with Crippen LogP contribution in [-0.2, 0) is 10.0 Å². The zero-order valence-electron chi connectivity index (χ0n) is 10.9. The lowest BCUT2D eigenvalue weighted by atomic mass is 10.2. The molecule has 0 saturated heterocycles. The van der Waals surface area contributed by atoms with Crippen LogP contribution >= 0.6 is 27.5 Å².